The van der Waals surface area contributed by atoms with E-state index in [0.717, 1.165) is 16.5 Å². The SMILES string of the molecule is CC(C)C(=C(B1OC(C)(C)C(C)(C)O1)B1OC(C)(C)C(C)(C)O1)c1ccccc1. The van der Waals surface area contributed by atoms with Crippen LogP contribution in [0.15, 0.2) is 35.7 Å². The Kier molecular flexibility index (Phi) is 5.66. The average molecular weight is 398 g/mol. The van der Waals surface area contributed by atoms with Gasteiger partial charge in [0.1, 0.15) is 0 Å². The zero-order chi connectivity index (χ0) is 21.8. The van der Waals surface area contributed by atoms with Crippen LogP contribution in [0.3, 0.4) is 0 Å². The lowest BCUT2D eigenvalue weighted by Crippen LogP contribution is -2.41. The Labute approximate surface area is 177 Å². The molecule has 29 heavy (non-hydrogen) atoms. The molecule has 0 amide bonds. The van der Waals surface area contributed by atoms with Crippen molar-refractivity contribution in [2.75, 3.05) is 0 Å². The Morgan fingerprint density at radius 3 is 1.31 bits per heavy atom. The smallest absolute Gasteiger partial charge is 0.400 e. The number of hydrogen-bond donors (Lipinski definition) is 0. The minimum Gasteiger partial charge on any atom is -0.400 e. The predicted octanol–water partition coefficient (Wildman–Crippen LogP) is 5.36. The molecule has 0 aliphatic carbocycles. The van der Waals surface area contributed by atoms with Gasteiger partial charge in [-0.2, -0.15) is 0 Å². The molecule has 2 aliphatic heterocycles. The summed E-state index contributed by atoms with van der Waals surface area (Å²) in [6.45, 7) is 21.0. The van der Waals surface area contributed by atoms with Crippen molar-refractivity contribution in [2.24, 2.45) is 5.92 Å². The monoisotopic (exact) mass is 398 g/mol. The molecule has 0 radical (unpaired) electrons. The van der Waals surface area contributed by atoms with E-state index in [1.165, 1.54) is 0 Å². The first-order valence-electron chi connectivity index (χ1n) is 10.7. The first-order valence-corrected chi connectivity index (χ1v) is 10.7. The predicted molar refractivity (Wildman–Crippen MR) is 120 cm³/mol. The third kappa shape index (κ3) is 3.97. The summed E-state index contributed by atoms with van der Waals surface area (Å²) in [6.07, 6.45) is 0. The number of benzene rings is 1. The molecule has 0 N–H and O–H groups in total. The Morgan fingerprint density at radius 1 is 0.655 bits per heavy atom. The fraction of sp³-hybridized carbons (Fsp3) is 0.652. The number of rotatable bonds is 4. The lowest BCUT2D eigenvalue weighted by atomic mass is 9.53. The van der Waals surface area contributed by atoms with Crippen molar-refractivity contribution in [3.63, 3.8) is 0 Å². The summed E-state index contributed by atoms with van der Waals surface area (Å²) in [5.41, 5.74) is 0.539. The van der Waals surface area contributed by atoms with E-state index in [1.54, 1.807) is 0 Å². The van der Waals surface area contributed by atoms with Crippen molar-refractivity contribution < 1.29 is 18.6 Å². The maximum absolute atomic E-state index is 6.49. The number of allylic oxidation sites excluding steroid dienone is 1. The van der Waals surface area contributed by atoms with Crippen molar-refractivity contribution in [1.29, 1.82) is 0 Å². The normalized spacial score (nSPS) is 24.2. The molecule has 158 valence electrons. The molecule has 2 aliphatic rings. The Morgan fingerprint density at radius 2 is 1.00 bits per heavy atom. The van der Waals surface area contributed by atoms with Crippen LogP contribution in [0.1, 0.15) is 74.8 Å². The van der Waals surface area contributed by atoms with Crippen LogP contribution in [0, 0.1) is 5.92 Å². The van der Waals surface area contributed by atoms with Crippen molar-refractivity contribution >= 4 is 19.8 Å². The third-order valence-electron chi connectivity index (χ3n) is 6.99. The second-order valence-electron chi connectivity index (χ2n) is 10.6. The first-order chi connectivity index (χ1) is 13.2. The van der Waals surface area contributed by atoms with E-state index in [9.17, 15) is 0 Å². The second-order valence-corrected chi connectivity index (χ2v) is 10.6. The molecule has 1 aromatic carbocycles. The summed E-state index contributed by atoms with van der Waals surface area (Å²) in [6, 6.07) is 10.4. The van der Waals surface area contributed by atoms with Gasteiger partial charge in [0.2, 0.25) is 0 Å². The average Bonchev–Trinajstić information content (AvgIpc) is 2.92. The Hall–Kier alpha value is -1.07. The highest BCUT2D eigenvalue weighted by Gasteiger charge is 2.60. The van der Waals surface area contributed by atoms with E-state index in [4.69, 9.17) is 18.6 Å². The van der Waals surface area contributed by atoms with Crippen LogP contribution in [0.2, 0.25) is 0 Å². The van der Waals surface area contributed by atoms with Crippen LogP contribution in [-0.2, 0) is 18.6 Å². The van der Waals surface area contributed by atoms with E-state index in [1.807, 2.05) is 6.07 Å². The highest BCUT2D eigenvalue weighted by atomic mass is 16.7. The van der Waals surface area contributed by atoms with Gasteiger partial charge in [-0.25, -0.2) is 0 Å². The Balaban J connectivity index is 2.18. The minimum absolute atomic E-state index is 0.241. The molecule has 2 fully saturated rings. The van der Waals surface area contributed by atoms with Crippen LogP contribution in [0.25, 0.3) is 5.57 Å². The van der Waals surface area contributed by atoms with E-state index >= 15 is 0 Å². The van der Waals surface area contributed by atoms with Gasteiger partial charge in [-0.05, 0) is 77.8 Å². The van der Waals surface area contributed by atoms with Crippen LogP contribution in [0.4, 0.5) is 0 Å². The van der Waals surface area contributed by atoms with E-state index in [-0.39, 0.29) is 5.92 Å². The van der Waals surface area contributed by atoms with E-state index in [0.29, 0.717) is 0 Å². The van der Waals surface area contributed by atoms with Crippen molar-refractivity contribution in [3.8, 4) is 0 Å². The third-order valence-corrected chi connectivity index (χ3v) is 6.99. The van der Waals surface area contributed by atoms with Crippen LogP contribution in [0.5, 0.6) is 0 Å². The number of hydrogen-bond acceptors (Lipinski definition) is 4. The molecule has 0 saturated carbocycles. The molecular weight excluding hydrogens is 362 g/mol. The summed E-state index contributed by atoms with van der Waals surface area (Å²) >= 11 is 0. The molecule has 2 heterocycles. The van der Waals surface area contributed by atoms with Crippen molar-refractivity contribution in [2.45, 2.75) is 91.6 Å². The largest absolute Gasteiger partial charge is 0.486 e. The zero-order valence-corrected chi connectivity index (χ0v) is 19.8. The summed E-state index contributed by atoms with van der Waals surface area (Å²) < 4.78 is 25.9. The summed E-state index contributed by atoms with van der Waals surface area (Å²) in [5, 5.41) is 0.934. The van der Waals surface area contributed by atoms with Gasteiger partial charge in [-0.1, -0.05) is 44.2 Å². The molecule has 1 aromatic rings. The molecule has 6 heteroatoms. The van der Waals surface area contributed by atoms with Gasteiger partial charge in [0.15, 0.2) is 0 Å². The molecule has 0 bridgehead atoms. The Bertz CT molecular complexity index is 711. The fourth-order valence-corrected chi connectivity index (χ4v) is 3.76. The lowest BCUT2D eigenvalue weighted by Gasteiger charge is -2.32. The second kappa shape index (κ2) is 7.26. The molecule has 0 atom stereocenters. The highest BCUT2D eigenvalue weighted by molar-refractivity contribution is 6.80. The minimum atomic E-state index is -0.535. The quantitative estimate of drug-likeness (QED) is 0.640. The molecule has 2 saturated heterocycles. The van der Waals surface area contributed by atoms with Gasteiger partial charge >= 0.3 is 14.2 Å². The molecule has 4 nitrogen and oxygen atoms in total. The fourth-order valence-electron chi connectivity index (χ4n) is 3.76. The van der Waals surface area contributed by atoms with Gasteiger partial charge in [-0.15, -0.1) is 0 Å². The van der Waals surface area contributed by atoms with Crippen LogP contribution < -0.4 is 0 Å². The molecule has 3 rings (SSSR count). The maximum Gasteiger partial charge on any atom is 0.486 e. The maximum atomic E-state index is 6.49. The first kappa shape index (κ1) is 22.6. The van der Waals surface area contributed by atoms with Gasteiger partial charge in [-0.3, -0.25) is 0 Å². The lowest BCUT2D eigenvalue weighted by molar-refractivity contribution is 0.00578. The van der Waals surface area contributed by atoms with Gasteiger partial charge in [0.25, 0.3) is 0 Å². The summed E-state index contributed by atoms with van der Waals surface area (Å²) in [5.74, 6) is 0.241. The zero-order valence-electron chi connectivity index (χ0n) is 19.8. The summed E-state index contributed by atoms with van der Waals surface area (Å²) in [7, 11) is -1.07. The van der Waals surface area contributed by atoms with Gasteiger partial charge in [0, 0.05) is 0 Å². The highest BCUT2D eigenvalue weighted by Crippen LogP contribution is 2.46. The van der Waals surface area contributed by atoms with Crippen LogP contribution in [-0.4, -0.2) is 36.6 Å². The van der Waals surface area contributed by atoms with Crippen molar-refractivity contribution in [3.05, 3.63) is 41.3 Å². The molecular formula is C23H36B2O4. The van der Waals surface area contributed by atoms with Crippen LogP contribution >= 0.6 is 0 Å². The van der Waals surface area contributed by atoms with Gasteiger partial charge < -0.3 is 18.6 Å². The molecule has 0 spiro atoms. The van der Waals surface area contributed by atoms with E-state index in [2.05, 4.69) is 93.5 Å². The molecule has 0 unspecified atom stereocenters. The standard InChI is InChI=1S/C23H36B2O4/c1-16(2)18(17-14-12-11-13-15-17)19(24-26-20(3,4)21(5,6)27-24)25-28-22(7,8)23(9,10)29-25/h11-16H,1-10H3. The van der Waals surface area contributed by atoms with Gasteiger partial charge in [0.05, 0.1) is 22.4 Å². The van der Waals surface area contributed by atoms with Crippen molar-refractivity contribution in [1.82, 2.24) is 0 Å². The topological polar surface area (TPSA) is 36.9 Å². The van der Waals surface area contributed by atoms with E-state index < -0.39 is 36.6 Å². The summed E-state index contributed by atoms with van der Waals surface area (Å²) in [4.78, 5) is 0. The molecule has 0 aromatic heterocycles.